The molecule has 0 spiro atoms. The first-order valence-electron chi connectivity index (χ1n) is 10.5. The van der Waals surface area contributed by atoms with Crippen LogP contribution in [0.15, 0.2) is 84.9 Å². The number of hydrogen-bond donors (Lipinski definition) is 5. The summed E-state index contributed by atoms with van der Waals surface area (Å²) in [5.74, 6) is 0.393. The Bertz CT molecular complexity index is 1140. The van der Waals surface area contributed by atoms with Crippen LogP contribution in [-0.2, 0) is 0 Å². The van der Waals surface area contributed by atoms with Gasteiger partial charge in [-0.2, -0.15) is 0 Å². The highest BCUT2D eigenvalue weighted by Crippen LogP contribution is 2.23. The van der Waals surface area contributed by atoms with Crippen LogP contribution in [0, 0.1) is 6.92 Å². The average Bonchev–Trinajstić information content (AvgIpc) is 2.78. The summed E-state index contributed by atoms with van der Waals surface area (Å²) in [6.45, 7) is 2.04. The number of phenolic OH excluding ortho intramolecular Hbond substituents is 5. The van der Waals surface area contributed by atoms with Gasteiger partial charge in [0.15, 0.2) is 0 Å². The van der Waals surface area contributed by atoms with E-state index in [4.69, 9.17) is 5.11 Å². The summed E-state index contributed by atoms with van der Waals surface area (Å²) in [5, 5.41) is 46.4. The van der Waals surface area contributed by atoms with Crippen LogP contribution in [0.1, 0.15) is 27.8 Å². The lowest BCUT2D eigenvalue weighted by Gasteiger charge is -1.98. The van der Waals surface area contributed by atoms with Crippen LogP contribution < -0.4 is 0 Å². The second kappa shape index (κ2) is 11.3. The van der Waals surface area contributed by atoms with Gasteiger partial charge in [-0.15, -0.1) is 0 Å². The molecular formula is C29H26O5. The molecule has 0 aromatic heterocycles. The van der Waals surface area contributed by atoms with Crippen LogP contribution in [0.25, 0.3) is 24.3 Å². The van der Waals surface area contributed by atoms with Crippen molar-refractivity contribution in [1.29, 1.82) is 0 Å². The van der Waals surface area contributed by atoms with Gasteiger partial charge in [0.1, 0.15) is 28.7 Å². The molecule has 4 rings (SSSR count). The van der Waals surface area contributed by atoms with Crippen molar-refractivity contribution in [2.75, 3.05) is 0 Å². The smallest absolute Gasteiger partial charge is 0.119 e. The molecule has 0 heterocycles. The highest BCUT2D eigenvalue weighted by molar-refractivity contribution is 5.72. The predicted octanol–water partition coefficient (Wildman–Crippen LogP) is 6.55. The van der Waals surface area contributed by atoms with Crippen molar-refractivity contribution in [1.82, 2.24) is 0 Å². The quantitative estimate of drug-likeness (QED) is 0.225. The van der Waals surface area contributed by atoms with E-state index in [1.54, 1.807) is 54.6 Å². The molecule has 4 aromatic rings. The van der Waals surface area contributed by atoms with E-state index in [1.165, 1.54) is 17.7 Å². The van der Waals surface area contributed by atoms with Crippen molar-refractivity contribution in [3.63, 3.8) is 0 Å². The molecule has 0 unspecified atom stereocenters. The van der Waals surface area contributed by atoms with Gasteiger partial charge in [0.05, 0.1) is 0 Å². The second-order valence-electron chi connectivity index (χ2n) is 7.73. The first-order valence-corrected chi connectivity index (χ1v) is 10.5. The molecule has 172 valence electrons. The molecule has 0 radical (unpaired) electrons. The minimum absolute atomic E-state index is 0.0235. The van der Waals surface area contributed by atoms with E-state index in [1.807, 2.05) is 49.4 Å². The Morgan fingerprint density at radius 1 is 0.382 bits per heavy atom. The minimum atomic E-state index is 0.0235. The van der Waals surface area contributed by atoms with Gasteiger partial charge in [-0.05, 0) is 65.6 Å². The second-order valence-corrected chi connectivity index (χ2v) is 7.73. The van der Waals surface area contributed by atoms with E-state index in [9.17, 15) is 20.4 Å². The molecule has 5 nitrogen and oxygen atoms in total. The molecule has 5 heteroatoms. The van der Waals surface area contributed by atoms with Gasteiger partial charge in [0, 0.05) is 12.1 Å². The van der Waals surface area contributed by atoms with Gasteiger partial charge in [-0.1, -0.05) is 66.3 Å². The number of hydrogen-bond acceptors (Lipinski definition) is 5. The third-order valence-electron chi connectivity index (χ3n) is 4.76. The Balaban J connectivity index is 0.000000191. The van der Waals surface area contributed by atoms with Crippen LogP contribution in [0.4, 0.5) is 0 Å². The predicted molar refractivity (Wildman–Crippen MR) is 137 cm³/mol. The molecule has 0 aliphatic rings. The lowest BCUT2D eigenvalue weighted by Crippen LogP contribution is -1.75. The lowest BCUT2D eigenvalue weighted by atomic mass is 10.1. The molecule has 0 atom stereocenters. The standard InChI is InChI=1S/C15H14O2.C14H12O3/c1-11-2-4-12(5-3-11)6-7-13-8-14(16)10-15(17)9-13;15-12-5-3-10(4-6-12)1-2-11-7-13(16)9-14(17)8-11/h2-10,16-17H,1H3;1-9,15-17H/b7-6-;2-1+. The molecule has 0 bridgehead atoms. The van der Waals surface area contributed by atoms with Crippen molar-refractivity contribution in [2.24, 2.45) is 0 Å². The van der Waals surface area contributed by atoms with Crippen molar-refractivity contribution in [3.05, 3.63) is 113 Å². The number of aromatic hydroxyl groups is 5. The Morgan fingerprint density at radius 2 is 0.706 bits per heavy atom. The summed E-state index contributed by atoms with van der Waals surface area (Å²) in [5.41, 5.74) is 4.69. The third kappa shape index (κ3) is 7.80. The van der Waals surface area contributed by atoms with Crippen LogP contribution in [0.2, 0.25) is 0 Å². The van der Waals surface area contributed by atoms with E-state index in [2.05, 4.69) is 0 Å². The molecule has 34 heavy (non-hydrogen) atoms. The van der Waals surface area contributed by atoms with Gasteiger partial charge in [0.2, 0.25) is 0 Å². The maximum atomic E-state index is 9.33. The Kier molecular flexibility index (Phi) is 7.97. The third-order valence-corrected chi connectivity index (χ3v) is 4.76. The van der Waals surface area contributed by atoms with E-state index in [0.717, 1.165) is 16.7 Å². The van der Waals surface area contributed by atoms with Crippen LogP contribution >= 0.6 is 0 Å². The zero-order chi connectivity index (χ0) is 24.5. The molecule has 0 saturated heterocycles. The maximum absolute atomic E-state index is 9.33. The van der Waals surface area contributed by atoms with Crippen molar-refractivity contribution in [3.8, 4) is 28.7 Å². The Hall–Kier alpha value is -4.64. The summed E-state index contributed by atoms with van der Waals surface area (Å²) in [4.78, 5) is 0. The molecule has 0 aliphatic heterocycles. The number of benzene rings is 4. The monoisotopic (exact) mass is 454 g/mol. The highest BCUT2D eigenvalue weighted by Gasteiger charge is 1.97. The van der Waals surface area contributed by atoms with Crippen molar-refractivity contribution in [2.45, 2.75) is 6.92 Å². The zero-order valence-corrected chi connectivity index (χ0v) is 18.6. The highest BCUT2D eigenvalue weighted by atomic mass is 16.3. The van der Waals surface area contributed by atoms with E-state index in [-0.39, 0.29) is 28.7 Å². The number of rotatable bonds is 4. The fourth-order valence-corrected chi connectivity index (χ4v) is 3.08. The summed E-state index contributed by atoms with van der Waals surface area (Å²) in [6.07, 6.45) is 7.39. The summed E-state index contributed by atoms with van der Waals surface area (Å²) < 4.78 is 0. The molecule has 0 amide bonds. The zero-order valence-electron chi connectivity index (χ0n) is 18.6. The topological polar surface area (TPSA) is 101 Å². The van der Waals surface area contributed by atoms with Gasteiger partial charge in [0.25, 0.3) is 0 Å². The first-order chi connectivity index (χ1) is 16.3. The van der Waals surface area contributed by atoms with Gasteiger partial charge in [-0.25, -0.2) is 0 Å². The van der Waals surface area contributed by atoms with Crippen LogP contribution in [0.3, 0.4) is 0 Å². The van der Waals surface area contributed by atoms with E-state index >= 15 is 0 Å². The first kappa shape index (κ1) is 24.0. The Labute approximate surface area is 198 Å². The van der Waals surface area contributed by atoms with Crippen LogP contribution in [0.5, 0.6) is 28.7 Å². The molecule has 4 aromatic carbocycles. The maximum Gasteiger partial charge on any atom is 0.119 e. The van der Waals surface area contributed by atoms with Crippen molar-refractivity contribution < 1.29 is 25.5 Å². The molecular weight excluding hydrogens is 428 g/mol. The summed E-state index contributed by atoms with van der Waals surface area (Å²) in [7, 11) is 0. The SMILES string of the molecule is Cc1ccc(/C=C\c2cc(O)cc(O)c2)cc1.Oc1ccc(/C=C/c2cc(O)cc(O)c2)cc1. The number of aryl methyl sites for hydroxylation is 1. The molecule has 0 fully saturated rings. The molecule has 0 saturated carbocycles. The van der Waals surface area contributed by atoms with Crippen molar-refractivity contribution >= 4 is 24.3 Å². The summed E-state index contributed by atoms with van der Waals surface area (Å²) in [6, 6.07) is 23.8. The normalized spacial score (nSPS) is 10.9. The fraction of sp³-hybridized carbons (Fsp3) is 0.0345. The lowest BCUT2D eigenvalue weighted by molar-refractivity contribution is 0.449. The largest absolute Gasteiger partial charge is 0.508 e. The number of phenols is 5. The minimum Gasteiger partial charge on any atom is -0.508 e. The van der Waals surface area contributed by atoms with E-state index < -0.39 is 0 Å². The molecule has 0 aliphatic carbocycles. The van der Waals surface area contributed by atoms with Gasteiger partial charge < -0.3 is 25.5 Å². The fourth-order valence-electron chi connectivity index (χ4n) is 3.08. The summed E-state index contributed by atoms with van der Waals surface area (Å²) >= 11 is 0. The average molecular weight is 455 g/mol. The van der Waals surface area contributed by atoms with Gasteiger partial charge >= 0.3 is 0 Å². The Morgan fingerprint density at radius 3 is 1.09 bits per heavy atom. The van der Waals surface area contributed by atoms with Crippen LogP contribution in [-0.4, -0.2) is 25.5 Å². The van der Waals surface area contributed by atoms with Gasteiger partial charge in [-0.3, -0.25) is 0 Å². The molecule has 5 N–H and O–H groups in total. The van der Waals surface area contributed by atoms with E-state index in [0.29, 0.717) is 5.56 Å².